The summed E-state index contributed by atoms with van der Waals surface area (Å²) < 4.78 is 5.50. The summed E-state index contributed by atoms with van der Waals surface area (Å²) in [7, 11) is 0. The van der Waals surface area contributed by atoms with Gasteiger partial charge in [0, 0.05) is 23.8 Å². The minimum atomic E-state index is -0.199. The number of benzene rings is 2. The number of H-pyrrole nitrogens is 1. The third-order valence-electron chi connectivity index (χ3n) is 3.67. The van der Waals surface area contributed by atoms with Crippen LogP contribution in [0, 0.1) is 0 Å². The molecule has 25 heavy (non-hydrogen) atoms. The lowest BCUT2D eigenvalue weighted by atomic mass is 10.0. The molecule has 0 radical (unpaired) electrons. The number of nitrogens with zero attached hydrogens (tertiary/aromatic N) is 1. The van der Waals surface area contributed by atoms with Gasteiger partial charge in [0.2, 0.25) is 0 Å². The third-order valence-corrected chi connectivity index (χ3v) is 3.93. The topological polar surface area (TPSA) is 67.0 Å². The summed E-state index contributed by atoms with van der Waals surface area (Å²) >= 11 is 5.83. The van der Waals surface area contributed by atoms with E-state index in [1.165, 1.54) is 0 Å². The van der Waals surface area contributed by atoms with E-state index in [-0.39, 0.29) is 18.6 Å². The van der Waals surface area contributed by atoms with E-state index in [2.05, 4.69) is 15.3 Å². The molecule has 1 aromatic heterocycles. The highest BCUT2D eigenvalue weighted by Crippen LogP contribution is 2.18. The van der Waals surface area contributed by atoms with Crippen molar-refractivity contribution < 1.29 is 9.53 Å². The summed E-state index contributed by atoms with van der Waals surface area (Å²) in [4.78, 5) is 19.6. The standard InChI is InChI=1S/C19H18ClN3O2/c20-15-6-8-16(9-7-15)25-13-19(24)23-17(12-18-21-10-11-22-18)14-4-2-1-3-5-14/h1-11,17H,12-13H2,(H,21,22)(H,23,24)/t17-/m0/s1. The molecule has 3 aromatic rings. The number of nitrogens with one attached hydrogen (secondary N) is 2. The molecule has 6 heteroatoms. The Labute approximate surface area is 151 Å². The van der Waals surface area contributed by atoms with Gasteiger partial charge in [-0.2, -0.15) is 0 Å². The number of carbonyl (C=O) groups excluding carboxylic acids is 1. The van der Waals surface area contributed by atoms with Gasteiger partial charge in [0.15, 0.2) is 6.61 Å². The molecule has 0 unspecified atom stereocenters. The van der Waals surface area contributed by atoms with E-state index >= 15 is 0 Å². The molecule has 5 nitrogen and oxygen atoms in total. The lowest BCUT2D eigenvalue weighted by Gasteiger charge is -2.18. The highest BCUT2D eigenvalue weighted by Gasteiger charge is 2.16. The molecule has 1 heterocycles. The first-order valence-corrected chi connectivity index (χ1v) is 8.29. The van der Waals surface area contributed by atoms with Gasteiger partial charge in [-0.15, -0.1) is 0 Å². The SMILES string of the molecule is O=C(COc1ccc(Cl)cc1)N[C@@H](Cc1ncc[nH]1)c1ccccc1. The van der Waals surface area contributed by atoms with Crippen molar-refractivity contribution in [3.8, 4) is 5.75 Å². The molecular formula is C19H18ClN3O2. The maximum absolute atomic E-state index is 12.3. The van der Waals surface area contributed by atoms with E-state index in [1.54, 1.807) is 36.7 Å². The Morgan fingerprint density at radius 2 is 1.92 bits per heavy atom. The number of imidazole rings is 1. The van der Waals surface area contributed by atoms with Crippen LogP contribution < -0.4 is 10.1 Å². The molecule has 3 rings (SSSR count). The van der Waals surface area contributed by atoms with Gasteiger partial charge >= 0.3 is 0 Å². The molecule has 1 amide bonds. The molecular weight excluding hydrogens is 338 g/mol. The van der Waals surface area contributed by atoms with E-state index < -0.39 is 0 Å². The molecule has 0 aliphatic rings. The summed E-state index contributed by atoms with van der Waals surface area (Å²) in [6, 6.07) is 16.5. The van der Waals surface area contributed by atoms with Crippen LogP contribution in [0.5, 0.6) is 5.75 Å². The van der Waals surface area contributed by atoms with Crippen molar-refractivity contribution in [2.24, 2.45) is 0 Å². The summed E-state index contributed by atoms with van der Waals surface area (Å²) in [6.07, 6.45) is 4.04. The van der Waals surface area contributed by atoms with E-state index in [9.17, 15) is 4.79 Å². The van der Waals surface area contributed by atoms with Crippen LogP contribution in [0.25, 0.3) is 0 Å². The molecule has 0 spiro atoms. The van der Waals surface area contributed by atoms with E-state index in [0.29, 0.717) is 17.2 Å². The average Bonchev–Trinajstić information content (AvgIpc) is 3.15. The number of carbonyl (C=O) groups is 1. The van der Waals surface area contributed by atoms with Gasteiger partial charge < -0.3 is 15.0 Å². The quantitative estimate of drug-likeness (QED) is 0.681. The van der Waals surface area contributed by atoms with Crippen LogP contribution in [0.15, 0.2) is 67.0 Å². The predicted molar refractivity (Wildman–Crippen MR) is 96.6 cm³/mol. The molecule has 0 saturated heterocycles. The van der Waals surface area contributed by atoms with Crippen molar-refractivity contribution in [3.63, 3.8) is 0 Å². The monoisotopic (exact) mass is 355 g/mol. The average molecular weight is 356 g/mol. The largest absolute Gasteiger partial charge is 0.484 e. The fraction of sp³-hybridized carbons (Fsp3) is 0.158. The maximum atomic E-state index is 12.3. The van der Waals surface area contributed by atoms with Gasteiger partial charge in [-0.1, -0.05) is 41.9 Å². The Morgan fingerprint density at radius 3 is 2.60 bits per heavy atom. The minimum absolute atomic E-state index is 0.0663. The number of hydrogen-bond acceptors (Lipinski definition) is 3. The number of aromatic amines is 1. The van der Waals surface area contributed by atoms with Gasteiger partial charge in [-0.25, -0.2) is 4.98 Å². The molecule has 0 aliphatic heterocycles. The van der Waals surface area contributed by atoms with Gasteiger partial charge in [0.1, 0.15) is 11.6 Å². The summed E-state index contributed by atoms with van der Waals surface area (Å²) in [5, 5.41) is 3.63. The van der Waals surface area contributed by atoms with Crippen LogP contribution >= 0.6 is 11.6 Å². The van der Waals surface area contributed by atoms with Crippen LogP contribution in [0.4, 0.5) is 0 Å². The molecule has 2 aromatic carbocycles. The fourth-order valence-corrected chi connectivity index (χ4v) is 2.58. The third kappa shape index (κ3) is 5.09. The first kappa shape index (κ1) is 17.0. The molecule has 1 atom stereocenters. The van der Waals surface area contributed by atoms with E-state index in [1.807, 2.05) is 30.3 Å². The number of rotatable bonds is 7. The number of hydrogen-bond donors (Lipinski definition) is 2. The highest BCUT2D eigenvalue weighted by molar-refractivity contribution is 6.30. The fourth-order valence-electron chi connectivity index (χ4n) is 2.46. The van der Waals surface area contributed by atoms with Crippen molar-refractivity contribution in [1.82, 2.24) is 15.3 Å². The lowest BCUT2D eigenvalue weighted by molar-refractivity contribution is -0.123. The van der Waals surface area contributed by atoms with Crippen molar-refractivity contribution in [2.75, 3.05) is 6.61 Å². The van der Waals surface area contributed by atoms with E-state index in [0.717, 1.165) is 11.4 Å². The normalized spacial score (nSPS) is 11.7. The van der Waals surface area contributed by atoms with Crippen LogP contribution in [0.3, 0.4) is 0 Å². The Kier molecular flexibility index (Phi) is 5.69. The highest BCUT2D eigenvalue weighted by atomic mass is 35.5. The van der Waals surface area contributed by atoms with Crippen molar-refractivity contribution >= 4 is 17.5 Å². The van der Waals surface area contributed by atoms with Gasteiger partial charge in [-0.3, -0.25) is 4.79 Å². The van der Waals surface area contributed by atoms with Gasteiger partial charge in [0.25, 0.3) is 5.91 Å². The van der Waals surface area contributed by atoms with Crippen molar-refractivity contribution in [3.05, 3.63) is 83.4 Å². The van der Waals surface area contributed by atoms with Crippen LogP contribution in [-0.2, 0) is 11.2 Å². The lowest BCUT2D eigenvalue weighted by Crippen LogP contribution is -2.34. The second-order valence-electron chi connectivity index (χ2n) is 5.51. The van der Waals surface area contributed by atoms with Crippen LogP contribution in [-0.4, -0.2) is 22.5 Å². The van der Waals surface area contributed by atoms with Crippen LogP contribution in [0.2, 0.25) is 5.02 Å². The summed E-state index contributed by atoms with van der Waals surface area (Å²) in [6.45, 7) is -0.0663. The summed E-state index contributed by atoms with van der Waals surface area (Å²) in [5.41, 5.74) is 1.01. The Bertz CT molecular complexity index is 789. The summed E-state index contributed by atoms with van der Waals surface area (Å²) in [5.74, 6) is 1.21. The zero-order valence-corrected chi connectivity index (χ0v) is 14.2. The first-order valence-electron chi connectivity index (χ1n) is 7.91. The zero-order chi connectivity index (χ0) is 17.5. The molecule has 128 valence electrons. The molecule has 2 N–H and O–H groups in total. The predicted octanol–water partition coefficient (Wildman–Crippen LogP) is 3.54. The number of ether oxygens (including phenoxy) is 1. The van der Waals surface area contributed by atoms with E-state index in [4.69, 9.17) is 16.3 Å². The van der Waals surface area contributed by atoms with Crippen molar-refractivity contribution in [2.45, 2.75) is 12.5 Å². The molecule has 0 fully saturated rings. The molecule has 0 saturated carbocycles. The maximum Gasteiger partial charge on any atom is 0.258 e. The van der Waals surface area contributed by atoms with Gasteiger partial charge in [-0.05, 0) is 29.8 Å². The number of amides is 1. The zero-order valence-electron chi connectivity index (χ0n) is 13.5. The van der Waals surface area contributed by atoms with Crippen LogP contribution in [0.1, 0.15) is 17.4 Å². The Hall–Kier alpha value is -2.79. The smallest absolute Gasteiger partial charge is 0.258 e. The number of aromatic nitrogens is 2. The molecule has 0 bridgehead atoms. The van der Waals surface area contributed by atoms with Gasteiger partial charge in [0.05, 0.1) is 6.04 Å². The number of halogens is 1. The minimum Gasteiger partial charge on any atom is -0.484 e. The first-order chi connectivity index (χ1) is 12.2. The Morgan fingerprint density at radius 1 is 1.16 bits per heavy atom. The Balaban J connectivity index is 1.62. The second-order valence-corrected chi connectivity index (χ2v) is 5.95. The van der Waals surface area contributed by atoms with Crippen molar-refractivity contribution in [1.29, 1.82) is 0 Å². The second kappa shape index (κ2) is 8.35. The molecule has 0 aliphatic carbocycles.